The van der Waals surface area contributed by atoms with Crippen molar-refractivity contribution in [2.45, 2.75) is 44.2 Å². The van der Waals surface area contributed by atoms with Gasteiger partial charge in [-0.25, -0.2) is 0 Å². The Bertz CT molecular complexity index is 470. The van der Waals surface area contributed by atoms with Crippen molar-refractivity contribution in [2.24, 2.45) is 0 Å². The normalized spacial score (nSPS) is 18.1. The van der Waals surface area contributed by atoms with Crippen LogP contribution in [-0.2, 0) is 17.9 Å². The molecule has 1 aromatic carbocycles. The van der Waals surface area contributed by atoms with Gasteiger partial charge in [-0.1, -0.05) is 24.3 Å². The van der Waals surface area contributed by atoms with Crippen LogP contribution in [0.15, 0.2) is 24.3 Å². The number of carbonyl (C=O) groups is 1. The highest BCUT2D eigenvalue weighted by Crippen LogP contribution is 2.14. The average molecular weight is 322 g/mol. The molecule has 2 N–H and O–H groups in total. The second kappa shape index (κ2) is 8.56. The predicted octanol–water partition coefficient (Wildman–Crippen LogP) is 2.01. The van der Waals surface area contributed by atoms with E-state index < -0.39 is 0 Å². The van der Waals surface area contributed by atoms with Crippen LogP contribution < -0.4 is 5.32 Å². The first-order chi connectivity index (χ1) is 10.6. The van der Waals surface area contributed by atoms with Crippen molar-refractivity contribution >= 4 is 17.7 Å². The lowest BCUT2D eigenvalue weighted by Crippen LogP contribution is -2.35. The van der Waals surface area contributed by atoms with Gasteiger partial charge >= 0.3 is 0 Å². The smallest absolute Gasteiger partial charge is 0.233 e. The van der Waals surface area contributed by atoms with Gasteiger partial charge in [0.2, 0.25) is 5.91 Å². The molecule has 2 rings (SSSR count). The third-order valence-corrected chi connectivity index (χ3v) is 5.10. The minimum Gasteiger partial charge on any atom is -0.393 e. The maximum atomic E-state index is 11.7. The monoisotopic (exact) mass is 322 g/mol. The van der Waals surface area contributed by atoms with E-state index in [9.17, 15) is 9.90 Å². The van der Waals surface area contributed by atoms with E-state index in [1.165, 1.54) is 5.56 Å². The Morgan fingerprint density at radius 1 is 1.32 bits per heavy atom. The summed E-state index contributed by atoms with van der Waals surface area (Å²) >= 11 is 1.55. The molecule has 1 fully saturated rings. The van der Waals surface area contributed by atoms with E-state index in [0.717, 1.165) is 38.0 Å². The van der Waals surface area contributed by atoms with Crippen LogP contribution in [0.3, 0.4) is 0 Å². The number of likely N-dealkylation sites (tertiary alicyclic amines) is 1. The molecule has 1 aromatic rings. The van der Waals surface area contributed by atoms with Crippen LogP contribution in [0.1, 0.15) is 30.9 Å². The molecule has 0 aromatic heterocycles. The Morgan fingerprint density at radius 2 is 1.91 bits per heavy atom. The molecular weight excluding hydrogens is 296 g/mol. The SMILES string of the molecule is CS[C@@H](C)C(=O)NCc1ccc(CN2CCC(O)CC2)cc1. The third-order valence-electron chi connectivity index (χ3n) is 4.18. The summed E-state index contributed by atoms with van der Waals surface area (Å²) in [6.07, 6.45) is 3.57. The Balaban J connectivity index is 1.79. The number of amides is 1. The first kappa shape index (κ1) is 17.3. The molecule has 0 unspecified atom stereocenters. The highest BCUT2D eigenvalue weighted by atomic mass is 32.2. The highest BCUT2D eigenvalue weighted by molar-refractivity contribution is 7.99. The fraction of sp³-hybridized carbons (Fsp3) is 0.588. The second-order valence-electron chi connectivity index (χ2n) is 5.92. The molecule has 5 heteroatoms. The number of rotatable bonds is 6. The summed E-state index contributed by atoms with van der Waals surface area (Å²) in [5.41, 5.74) is 2.41. The van der Waals surface area contributed by atoms with Crippen molar-refractivity contribution in [3.8, 4) is 0 Å². The van der Waals surface area contributed by atoms with Gasteiger partial charge in [0.15, 0.2) is 0 Å². The summed E-state index contributed by atoms with van der Waals surface area (Å²) in [4.78, 5) is 14.1. The maximum absolute atomic E-state index is 11.7. The van der Waals surface area contributed by atoms with Gasteiger partial charge in [-0.2, -0.15) is 11.8 Å². The number of nitrogens with one attached hydrogen (secondary N) is 1. The molecule has 22 heavy (non-hydrogen) atoms. The summed E-state index contributed by atoms with van der Waals surface area (Å²) in [5.74, 6) is 0.0865. The van der Waals surface area contributed by atoms with Gasteiger partial charge in [-0.05, 0) is 37.1 Å². The molecule has 0 radical (unpaired) electrons. The van der Waals surface area contributed by atoms with Gasteiger partial charge in [-0.15, -0.1) is 0 Å². The molecule has 0 spiro atoms. The number of benzene rings is 1. The zero-order chi connectivity index (χ0) is 15.9. The topological polar surface area (TPSA) is 52.6 Å². The molecule has 122 valence electrons. The number of nitrogens with zero attached hydrogens (tertiary/aromatic N) is 1. The third kappa shape index (κ3) is 5.30. The van der Waals surface area contributed by atoms with Crippen molar-refractivity contribution in [3.63, 3.8) is 0 Å². The van der Waals surface area contributed by atoms with Crippen LogP contribution in [0, 0.1) is 0 Å². The standard InChI is InChI=1S/C17H26N2O2S/c1-13(22-2)17(21)18-11-14-3-5-15(6-4-14)12-19-9-7-16(20)8-10-19/h3-6,13,16,20H,7-12H2,1-2H3,(H,18,21)/t13-/m0/s1. The fourth-order valence-electron chi connectivity index (χ4n) is 2.54. The van der Waals surface area contributed by atoms with E-state index >= 15 is 0 Å². The van der Waals surface area contributed by atoms with Crippen molar-refractivity contribution in [1.82, 2.24) is 10.2 Å². The number of thioether (sulfide) groups is 1. The largest absolute Gasteiger partial charge is 0.393 e. The van der Waals surface area contributed by atoms with E-state index in [1.807, 2.05) is 13.2 Å². The summed E-state index contributed by atoms with van der Waals surface area (Å²) in [5, 5.41) is 12.5. The van der Waals surface area contributed by atoms with E-state index in [-0.39, 0.29) is 17.3 Å². The lowest BCUT2D eigenvalue weighted by Gasteiger charge is -2.29. The number of hydrogen-bond donors (Lipinski definition) is 2. The maximum Gasteiger partial charge on any atom is 0.233 e. The molecule has 0 saturated carbocycles. The van der Waals surface area contributed by atoms with E-state index in [1.54, 1.807) is 11.8 Å². The van der Waals surface area contributed by atoms with E-state index in [0.29, 0.717) is 6.54 Å². The van der Waals surface area contributed by atoms with Crippen LogP contribution in [0.25, 0.3) is 0 Å². The molecule has 4 nitrogen and oxygen atoms in total. The number of piperidine rings is 1. The van der Waals surface area contributed by atoms with E-state index in [4.69, 9.17) is 0 Å². The van der Waals surface area contributed by atoms with E-state index in [2.05, 4.69) is 34.5 Å². The van der Waals surface area contributed by atoms with Crippen LogP contribution in [0.4, 0.5) is 0 Å². The van der Waals surface area contributed by atoms with Gasteiger partial charge in [0.05, 0.1) is 11.4 Å². The number of aliphatic hydroxyl groups excluding tert-OH is 1. The molecule has 1 aliphatic rings. The minimum absolute atomic E-state index is 0.00581. The quantitative estimate of drug-likeness (QED) is 0.841. The van der Waals surface area contributed by atoms with Crippen LogP contribution >= 0.6 is 11.8 Å². The summed E-state index contributed by atoms with van der Waals surface area (Å²) in [6.45, 7) is 5.36. The minimum atomic E-state index is -0.120. The average Bonchev–Trinajstić information content (AvgIpc) is 2.55. The lowest BCUT2D eigenvalue weighted by molar-refractivity contribution is -0.120. The van der Waals surface area contributed by atoms with Crippen molar-refractivity contribution < 1.29 is 9.90 Å². The number of carbonyl (C=O) groups excluding carboxylic acids is 1. The van der Waals surface area contributed by atoms with Gasteiger partial charge < -0.3 is 10.4 Å². The molecule has 0 bridgehead atoms. The zero-order valence-electron chi connectivity index (χ0n) is 13.4. The molecule has 0 aliphatic carbocycles. The number of hydrogen-bond acceptors (Lipinski definition) is 4. The zero-order valence-corrected chi connectivity index (χ0v) is 14.2. The molecule has 1 saturated heterocycles. The fourth-order valence-corrected chi connectivity index (χ4v) is 2.84. The molecule has 1 aliphatic heterocycles. The second-order valence-corrected chi connectivity index (χ2v) is 7.10. The Morgan fingerprint density at radius 3 is 2.50 bits per heavy atom. The van der Waals surface area contributed by atoms with Crippen molar-refractivity contribution in [2.75, 3.05) is 19.3 Å². The molecule has 1 amide bonds. The summed E-state index contributed by atoms with van der Waals surface area (Å²) in [7, 11) is 0. The summed E-state index contributed by atoms with van der Waals surface area (Å²) < 4.78 is 0. The van der Waals surface area contributed by atoms with Crippen LogP contribution in [0.5, 0.6) is 0 Å². The van der Waals surface area contributed by atoms with Crippen LogP contribution in [0.2, 0.25) is 0 Å². The summed E-state index contributed by atoms with van der Waals surface area (Å²) in [6, 6.07) is 8.42. The van der Waals surface area contributed by atoms with Gasteiger partial charge in [0.1, 0.15) is 0 Å². The van der Waals surface area contributed by atoms with Crippen molar-refractivity contribution in [3.05, 3.63) is 35.4 Å². The number of aliphatic hydroxyl groups is 1. The van der Waals surface area contributed by atoms with Gasteiger partial charge in [0.25, 0.3) is 0 Å². The van der Waals surface area contributed by atoms with Gasteiger partial charge in [-0.3, -0.25) is 9.69 Å². The Hall–Kier alpha value is -1.04. The Kier molecular flexibility index (Phi) is 6.73. The van der Waals surface area contributed by atoms with Crippen molar-refractivity contribution in [1.29, 1.82) is 0 Å². The Labute approximate surface area is 137 Å². The van der Waals surface area contributed by atoms with Gasteiger partial charge in [0, 0.05) is 26.2 Å². The molecule has 1 atom stereocenters. The first-order valence-electron chi connectivity index (χ1n) is 7.87. The first-order valence-corrected chi connectivity index (χ1v) is 9.16. The lowest BCUT2D eigenvalue weighted by atomic mass is 10.1. The predicted molar refractivity (Wildman–Crippen MR) is 91.8 cm³/mol. The van der Waals surface area contributed by atoms with Crippen LogP contribution in [-0.4, -0.2) is 46.6 Å². The molecule has 1 heterocycles. The highest BCUT2D eigenvalue weighted by Gasteiger charge is 2.16. The molecular formula is C17H26N2O2S.